The molecule has 1 aromatic carbocycles. The fraction of sp³-hybridized carbons (Fsp3) is 0.533. The number of hydrogen-bond donors (Lipinski definition) is 1. The fourth-order valence-electron chi connectivity index (χ4n) is 2.84. The van der Waals surface area contributed by atoms with Gasteiger partial charge in [-0.2, -0.15) is 0 Å². The average Bonchev–Trinajstić information content (AvgIpc) is 2.39. The first-order chi connectivity index (χ1) is 9.13. The highest BCUT2D eigenvalue weighted by atomic mass is 16.5. The summed E-state index contributed by atoms with van der Waals surface area (Å²) in [5.74, 6) is -0.754. The molecule has 0 aromatic heterocycles. The normalized spacial score (nSPS) is 20.1. The molecule has 0 aliphatic carbocycles. The molecule has 19 heavy (non-hydrogen) atoms. The zero-order valence-electron chi connectivity index (χ0n) is 11.5. The van der Waals surface area contributed by atoms with E-state index in [1.165, 1.54) is 11.1 Å². The molecule has 0 spiro atoms. The van der Waals surface area contributed by atoms with Crippen LogP contribution < -0.4 is 0 Å². The smallest absolute Gasteiger partial charge is 0.304 e. The molecule has 104 valence electrons. The van der Waals surface area contributed by atoms with Crippen molar-refractivity contribution in [3.63, 3.8) is 0 Å². The first-order valence-electron chi connectivity index (χ1n) is 6.76. The molecule has 0 bridgehead atoms. The van der Waals surface area contributed by atoms with Crippen LogP contribution in [0.4, 0.5) is 0 Å². The van der Waals surface area contributed by atoms with Crippen molar-refractivity contribution in [2.45, 2.75) is 39.0 Å². The SMILES string of the molecule is CCN(C(C)CC(=O)O)C1COCc2ccccc21. The Balaban J connectivity index is 2.22. The molecule has 0 radical (unpaired) electrons. The van der Waals surface area contributed by atoms with E-state index in [1.54, 1.807) is 0 Å². The maximum Gasteiger partial charge on any atom is 0.304 e. The molecule has 1 aromatic rings. The molecular weight excluding hydrogens is 242 g/mol. The number of benzene rings is 1. The maximum atomic E-state index is 10.9. The van der Waals surface area contributed by atoms with E-state index in [-0.39, 0.29) is 18.5 Å². The Hall–Kier alpha value is -1.39. The largest absolute Gasteiger partial charge is 0.481 e. The molecule has 2 unspecified atom stereocenters. The number of carbonyl (C=O) groups is 1. The number of likely N-dealkylation sites (N-methyl/N-ethyl adjacent to an activating group) is 1. The van der Waals surface area contributed by atoms with Gasteiger partial charge in [0.05, 0.1) is 25.7 Å². The van der Waals surface area contributed by atoms with Crippen molar-refractivity contribution in [3.05, 3.63) is 35.4 Å². The third-order valence-corrected chi connectivity index (χ3v) is 3.75. The summed E-state index contributed by atoms with van der Waals surface area (Å²) in [6, 6.07) is 8.41. The summed E-state index contributed by atoms with van der Waals surface area (Å²) in [5.41, 5.74) is 2.48. The molecule has 1 N–H and O–H groups in total. The Bertz CT molecular complexity index is 447. The number of hydrogen-bond acceptors (Lipinski definition) is 3. The Morgan fingerprint density at radius 3 is 2.95 bits per heavy atom. The van der Waals surface area contributed by atoms with E-state index in [1.807, 2.05) is 19.1 Å². The minimum Gasteiger partial charge on any atom is -0.481 e. The molecule has 0 saturated heterocycles. The molecule has 4 nitrogen and oxygen atoms in total. The van der Waals surface area contributed by atoms with Gasteiger partial charge in [-0.25, -0.2) is 0 Å². The number of ether oxygens (including phenoxy) is 1. The lowest BCUT2D eigenvalue weighted by Gasteiger charge is -2.38. The van der Waals surface area contributed by atoms with Crippen LogP contribution in [0.5, 0.6) is 0 Å². The van der Waals surface area contributed by atoms with Gasteiger partial charge in [-0.3, -0.25) is 9.69 Å². The van der Waals surface area contributed by atoms with Gasteiger partial charge < -0.3 is 9.84 Å². The van der Waals surface area contributed by atoms with Crippen LogP contribution in [0.3, 0.4) is 0 Å². The van der Waals surface area contributed by atoms with Gasteiger partial charge in [0.1, 0.15) is 0 Å². The second kappa shape index (κ2) is 6.17. The Morgan fingerprint density at radius 2 is 2.26 bits per heavy atom. The van der Waals surface area contributed by atoms with Crippen molar-refractivity contribution in [1.29, 1.82) is 0 Å². The standard InChI is InChI=1S/C15H21NO3/c1-3-16(11(2)8-15(17)18)14-10-19-9-12-6-4-5-7-13(12)14/h4-7,11,14H,3,8-10H2,1-2H3,(H,17,18). The fourth-order valence-corrected chi connectivity index (χ4v) is 2.84. The molecule has 1 aliphatic heterocycles. The van der Waals surface area contributed by atoms with E-state index < -0.39 is 5.97 Å². The molecule has 1 heterocycles. The number of carboxylic acid groups (broad SMARTS) is 1. The number of nitrogens with zero attached hydrogens (tertiary/aromatic N) is 1. The van der Waals surface area contributed by atoms with Crippen LogP contribution in [0.15, 0.2) is 24.3 Å². The summed E-state index contributed by atoms with van der Waals surface area (Å²) in [5, 5.41) is 8.96. The minimum atomic E-state index is -0.754. The summed E-state index contributed by atoms with van der Waals surface area (Å²) < 4.78 is 5.66. The lowest BCUT2D eigenvalue weighted by Crippen LogP contribution is -2.41. The first-order valence-corrected chi connectivity index (χ1v) is 6.76. The highest BCUT2D eigenvalue weighted by Gasteiger charge is 2.29. The van der Waals surface area contributed by atoms with Crippen LogP contribution in [-0.2, 0) is 16.1 Å². The molecule has 0 fully saturated rings. The van der Waals surface area contributed by atoms with Crippen LogP contribution >= 0.6 is 0 Å². The molecule has 4 heteroatoms. The molecule has 0 amide bonds. The number of fused-ring (bicyclic) bond motifs is 1. The van der Waals surface area contributed by atoms with Gasteiger partial charge in [0.2, 0.25) is 0 Å². The van der Waals surface area contributed by atoms with Crippen LogP contribution in [0.25, 0.3) is 0 Å². The van der Waals surface area contributed by atoms with Crippen molar-refractivity contribution in [2.75, 3.05) is 13.2 Å². The molecule has 2 rings (SSSR count). The highest BCUT2D eigenvalue weighted by molar-refractivity contribution is 5.67. The first kappa shape index (κ1) is 14.0. The predicted octanol–water partition coefficient (Wildman–Crippen LogP) is 2.44. The summed E-state index contributed by atoms with van der Waals surface area (Å²) in [6.45, 7) is 6.13. The maximum absolute atomic E-state index is 10.9. The molecule has 1 aliphatic rings. The topological polar surface area (TPSA) is 49.8 Å². The third kappa shape index (κ3) is 3.14. The van der Waals surface area contributed by atoms with Crippen molar-refractivity contribution < 1.29 is 14.6 Å². The number of aliphatic carboxylic acids is 1. The second-order valence-electron chi connectivity index (χ2n) is 5.01. The predicted molar refractivity (Wildman–Crippen MR) is 72.9 cm³/mol. The van der Waals surface area contributed by atoms with E-state index >= 15 is 0 Å². The van der Waals surface area contributed by atoms with Crippen LogP contribution in [0.1, 0.15) is 37.4 Å². The van der Waals surface area contributed by atoms with Gasteiger partial charge in [0.25, 0.3) is 0 Å². The van der Waals surface area contributed by atoms with Gasteiger partial charge in [-0.15, -0.1) is 0 Å². The third-order valence-electron chi connectivity index (χ3n) is 3.75. The van der Waals surface area contributed by atoms with E-state index in [2.05, 4.69) is 24.0 Å². The monoisotopic (exact) mass is 263 g/mol. The van der Waals surface area contributed by atoms with E-state index in [0.29, 0.717) is 13.2 Å². The van der Waals surface area contributed by atoms with Crippen LogP contribution in [0.2, 0.25) is 0 Å². The van der Waals surface area contributed by atoms with E-state index in [9.17, 15) is 4.79 Å². The van der Waals surface area contributed by atoms with Gasteiger partial charge in [-0.1, -0.05) is 31.2 Å². The number of rotatable bonds is 5. The van der Waals surface area contributed by atoms with Crippen molar-refractivity contribution >= 4 is 5.97 Å². The minimum absolute atomic E-state index is 0.00209. The van der Waals surface area contributed by atoms with Crippen LogP contribution in [-0.4, -0.2) is 35.2 Å². The number of carboxylic acids is 1. The Labute approximate surface area is 114 Å². The second-order valence-corrected chi connectivity index (χ2v) is 5.01. The van der Waals surface area contributed by atoms with Crippen molar-refractivity contribution in [3.8, 4) is 0 Å². The highest BCUT2D eigenvalue weighted by Crippen LogP contribution is 2.31. The van der Waals surface area contributed by atoms with E-state index in [4.69, 9.17) is 9.84 Å². The average molecular weight is 263 g/mol. The zero-order valence-corrected chi connectivity index (χ0v) is 11.5. The Morgan fingerprint density at radius 1 is 1.53 bits per heavy atom. The summed E-state index contributed by atoms with van der Waals surface area (Å²) in [6.07, 6.45) is 0.159. The van der Waals surface area contributed by atoms with Crippen molar-refractivity contribution in [2.24, 2.45) is 0 Å². The summed E-state index contributed by atoms with van der Waals surface area (Å²) in [7, 11) is 0. The lowest BCUT2D eigenvalue weighted by atomic mass is 9.96. The lowest BCUT2D eigenvalue weighted by molar-refractivity contribution is -0.138. The molecular formula is C15H21NO3. The quantitative estimate of drug-likeness (QED) is 0.886. The van der Waals surface area contributed by atoms with E-state index in [0.717, 1.165) is 6.54 Å². The summed E-state index contributed by atoms with van der Waals surface area (Å²) in [4.78, 5) is 13.1. The Kier molecular flexibility index (Phi) is 4.56. The molecule has 2 atom stereocenters. The zero-order chi connectivity index (χ0) is 13.8. The molecule has 0 saturated carbocycles. The van der Waals surface area contributed by atoms with Crippen molar-refractivity contribution in [1.82, 2.24) is 4.90 Å². The van der Waals surface area contributed by atoms with Gasteiger partial charge in [0.15, 0.2) is 0 Å². The van der Waals surface area contributed by atoms with Gasteiger partial charge in [0, 0.05) is 6.04 Å². The summed E-state index contributed by atoms with van der Waals surface area (Å²) >= 11 is 0. The van der Waals surface area contributed by atoms with Crippen LogP contribution in [0, 0.1) is 0 Å². The van der Waals surface area contributed by atoms with Gasteiger partial charge >= 0.3 is 5.97 Å². The van der Waals surface area contributed by atoms with Gasteiger partial charge in [-0.05, 0) is 24.6 Å².